The van der Waals surface area contributed by atoms with Gasteiger partial charge in [0.1, 0.15) is 0 Å². The molecule has 1 aromatic carbocycles. The van der Waals surface area contributed by atoms with Gasteiger partial charge in [-0.1, -0.05) is 34.5 Å². The summed E-state index contributed by atoms with van der Waals surface area (Å²) < 4.78 is 0.932. The minimum atomic E-state index is -0.865. The molecule has 120 valence electrons. The van der Waals surface area contributed by atoms with Crippen LogP contribution >= 0.6 is 27.5 Å². The van der Waals surface area contributed by atoms with Crippen LogP contribution in [-0.4, -0.2) is 34.5 Å². The van der Waals surface area contributed by atoms with Gasteiger partial charge in [0.05, 0.1) is 5.92 Å². The van der Waals surface area contributed by atoms with E-state index < -0.39 is 11.9 Å². The first-order chi connectivity index (χ1) is 10.4. The zero-order chi connectivity index (χ0) is 16.3. The number of carbonyl (C=O) groups is 2. The summed E-state index contributed by atoms with van der Waals surface area (Å²) in [5.74, 6) is -1.39. The Morgan fingerprint density at radius 3 is 2.73 bits per heavy atom. The van der Waals surface area contributed by atoms with E-state index >= 15 is 0 Å². The highest BCUT2D eigenvalue weighted by atomic mass is 79.9. The maximum atomic E-state index is 12.4. The zero-order valence-electron chi connectivity index (χ0n) is 12.4. The van der Waals surface area contributed by atoms with Crippen LogP contribution < -0.4 is 0 Å². The molecule has 0 aromatic heterocycles. The minimum Gasteiger partial charge on any atom is -0.481 e. The molecule has 0 aliphatic heterocycles. The molecule has 0 bridgehead atoms. The fourth-order valence-corrected chi connectivity index (χ4v) is 2.97. The number of nitrogens with zero attached hydrogens (tertiary/aromatic N) is 1. The first-order valence-electron chi connectivity index (χ1n) is 7.34. The predicted octanol–water partition coefficient (Wildman–Crippen LogP) is 3.75. The van der Waals surface area contributed by atoms with Gasteiger partial charge in [-0.3, -0.25) is 9.59 Å². The van der Waals surface area contributed by atoms with Crippen molar-refractivity contribution in [1.82, 2.24) is 4.90 Å². The van der Waals surface area contributed by atoms with Gasteiger partial charge in [-0.2, -0.15) is 0 Å². The SMILES string of the molecule is CC(CN(C(=O)CCc1cc(Cl)ccc1Br)C1CC1)C(=O)O. The summed E-state index contributed by atoms with van der Waals surface area (Å²) in [5.41, 5.74) is 0.989. The van der Waals surface area contributed by atoms with Crippen molar-refractivity contribution in [1.29, 1.82) is 0 Å². The van der Waals surface area contributed by atoms with Gasteiger partial charge in [0.25, 0.3) is 0 Å². The Balaban J connectivity index is 1.96. The Labute approximate surface area is 143 Å². The summed E-state index contributed by atoms with van der Waals surface area (Å²) in [6.07, 6.45) is 2.89. The van der Waals surface area contributed by atoms with E-state index in [1.54, 1.807) is 17.9 Å². The maximum Gasteiger partial charge on any atom is 0.308 e. The van der Waals surface area contributed by atoms with Crippen LogP contribution in [0.1, 0.15) is 31.7 Å². The van der Waals surface area contributed by atoms with Crippen molar-refractivity contribution < 1.29 is 14.7 Å². The van der Waals surface area contributed by atoms with Gasteiger partial charge in [-0.25, -0.2) is 0 Å². The smallest absolute Gasteiger partial charge is 0.308 e. The normalized spacial score (nSPS) is 15.4. The number of carboxylic acids is 1. The molecule has 1 aromatic rings. The van der Waals surface area contributed by atoms with Crippen molar-refractivity contribution in [3.05, 3.63) is 33.3 Å². The number of hydrogen-bond acceptors (Lipinski definition) is 2. The highest BCUT2D eigenvalue weighted by Gasteiger charge is 2.34. The highest BCUT2D eigenvalue weighted by molar-refractivity contribution is 9.10. The Bertz CT molecular complexity index is 575. The van der Waals surface area contributed by atoms with Crippen LogP contribution in [0.4, 0.5) is 0 Å². The highest BCUT2D eigenvalue weighted by Crippen LogP contribution is 2.29. The first-order valence-corrected chi connectivity index (χ1v) is 8.51. The monoisotopic (exact) mass is 387 g/mol. The summed E-state index contributed by atoms with van der Waals surface area (Å²) in [6, 6.07) is 5.73. The van der Waals surface area contributed by atoms with E-state index in [2.05, 4.69) is 15.9 Å². The summed E-state index contributed by atoms with van der Waals surface area (Å²) in [4.78, 5) is 25.2. The quantitative estimate of drug-likeness (QED) is 0.774. The van der Waals surface area contributed by atoms with Gasteiger partial charge in [0.15, 0.2) is 0 Å². The van der Waals surface area contributed by atoms with Crippen molar-refractivity contribution in [3.63, 3.8) is 0 Å². The van der Waals surface area contributed by atoms with E-state index in [1.807, 2.05) is 12.1 Å². The number of carboxylic acid groups (broad SMARTS) is 1. The Morgan fingerprint density at radius 2 is 2.14 bits per heavy atom. The van der Waals surface area contributed by atoms with Crippen LogP contribution in [-0.2, 0) is 16.0 Å². The zero-order valence-corrected chi connectivity index (χ0v) is 14.7. The van der Waals surface area contributed by atoms with Crippen molar-refractivity contribution in [2.45, 2.75) is 38.6 Å². The fraction of sp³-hybridized carbons (Fsp3) is 0.500. The summed E-state index contributed by atoms with van der Waals surface area (Å²) in [5, 5.41) is 9.67. The van der Waals surface area contributed by atoms with Gasteiger partial charge in [0, 0.05) is 28.5 Å². The fourth-order valence-electron chi connectivity index (χ4n) is 2.33. The van der Waals surface area contributed by atoms with E-state index in [1.165, 1.54) is 0 Å². The number of amides is 1. The Kier molecular flexibility index (Phi) is 5.87. The lowest BCUT2D eigenvalue weighted by Gasteiger charge is -2.24. The lowest BCUT2D eigenvalue weighted by atomic mass is 10.1. The first kappa shape index (κ1) is 17.3. The third kappa shape index (κ3) is 4.71. The number of aliphatic carboxylic acids is 1. The number of carbonyl (C=O) groups excluding carboxylic acids is 1. The largest absolute Gasteiger partial charge is 0.481 e. The van der Waals surface area contributed by atoms with Crippen LogP contribution in [0.2, 0.25) is 5.02 Å². The van der Waals surface area contributed by atoms with Gasteiger partial charge >= 0.3 is 5.97 Å². The second kappa shape index (κ2) is 7.47. The van der Waals surface area contributed by atoms with E-state index in [4.69, 9.17) is 16.7 Å². The molecule has 4 nitrogen and oxygen atoms in total. The number of aryl methyl sites for hydroxylation is 1. The molecule has 6 heteroatoms. The van der Waals surface area contributed by atoms with Gasteiger partial charge in [-0.15, -0.1) is 0 Å². The molecule has 0 spiro atoms. The van der Waals surface area contributed by atoms with Gasteiger partial charge < -0.3 is 10.0 Å². The molecule has 1 aliphatic carbocycles. The lowest BCUT2D eigenvalue weighted by Crippen LogP contribution is -2.38. The van der Waals surface area contributed by atoms with Crippen LogP contribution in [0.3, 0.4) is 0 Å². The molecule has 1 amide bonds. The molecule has 1 aliphatic rings. The Morgan fingerprint density at radius 1 is 1.45 bits per heavy atom. The summed E-state index contributed by atoms with van der Waals surface area (Å²) in [6.45, 7) is 1.92. The van der Waals surface area contributed by atoms with Crippen molar-refractivity contribution >= 4 is 39.4 Å². The van der Waals surface area contributed by atoms with E-state index in [0.29, 0.717) is 17.9 Å². The number of rotatable bonds is 7. The average molecular weight is 389 g/mol. The maximum absolute atomic E-state index is 12.4. The molecule has 22 heavy (non-hydrogen) atoms. The second-order valence-electron chi connectivity index (χ2n) is 5.75. The molecule has 1 fully saturated rings. The standard InChI is InChI=1S/C16H19BrClNO3/c1-10(16(21)22)9-19(13-4-5-13)15(20)7-2-11-8-12(18)3-6-14(11)17/h3,6,8,10,13H,2,4-5,7,9H2,1H3,(H,21,22). The number of halogens is 2. The molecule has 0 saturated heterocycles. The minimum absolute atomic E-state index is 0.0162. The second-order valence-corrected chi connectivity index (χ2v) is 7.04. The molecule has 1 atom stereocenters. The van der Waals surface area contributed by atoms with Crippen LogP contribution in [0, 0.1) is 5.92 Å². The van der Waals surface area contributed by atoms with E-state index in [-0.39, 0.29) is 18.5 Å². The molecule has 2 rings (SSSR count). The van der Waals surface area contributed by atoms with E-state index in [0.717, 1.165) is 22.9 Å². The summed E-state index contributed by atoms with van der Waals surface area (Å²) >= 11 is 9.43. The number of hydrogen-bond donors (Lipinski definition) is 1. The molecule has 0 heterocycles. The van der Waals surface area contributed by atoms with E-state index in [9.17, 15) is 9.59 Å². The van der Waals surface area contributed by atoms with Crippen LogP contribution in [0.15, 0.2) is 22.7 Å². The van der Waals surface area contributed by atoms with Crippen molar-refractivity contribution in [3.8, 4) is 0 Å². The van der Waals surface area contributed by atoms with Crippen LogP contribution in [0.25, 0.3) is 0 Å². The molecule has 1 saturated carbocycles. The molecular weight excluding hydrogens is 370 g/mol. The average Bonchev–Trinajstić information content (AvgIpc) is 3.29. The molecule has 1 unspecified atom stereocenters. The summed E-state index contributed by atoms with van der Waals surface area (Å²) in [7, 11) is 0. The molecule has 0 radical (unpaired) electrons. The lowest BCUT2D eigenvalue weighted by molar-refractivity contribution is -0.143. The topological polar surface area (TPSA) is 57.6 Å². The van der Waals surface area contributed by atoms with Crippen molar-refractivity contribution in [2.75, 3.05) is 6.54 Å². The third-order valence-corrected chi connectivity index (χ3v) is 4.82. The molecular formula is C16H19BrClNO3. The van der Waals surface area contributed by atoms with Crippen LogP contribution in [0.5, 0.6) is 0 Å². The Hall–Kier alpha value is -1.07. The number of benzene rings is 1. The third-order valence-electron chi connectivity index (χ3n) is 3.82. The van der Waals surface area contributed by atoms with Gasteiger partial charge in [-0.05, 0) is 43.0 Å². The predicted molar refractivity (Wildman–Crippen MR) is 89.0 cm³/mol. The van der Waals surface area contributed by atoms with Gasteiger partial charge in [0.2, 0.25) is 5.91 Å². The molecule has 1 N–H and O–H groups in total. The van der Waals surface area contributed by atoms with Crippen molar-refractivity contribution in [2.24, 2.45) is 5.92 Å².